The van der Waals surface area contributed by atoms with Crippen molar-refractivity contribution in [3.63, 3.8) is 0 Å². The molecular weight excluding hydrogens is 240 g/mol. The topological polar surface area (TPSA) is 60.3 Å². The standard InChI is InChI=1S/C11H10N2O3S/c1-16-9-4-2-8(3-5-9)12-11(15)13-10(14)6-7-17-13/h2-7H,1H3,(H,12,15). The Labute approximate surface area is 101 Å². The van der Waals surface area contributed by atoms with Gasteiger partial charge in [0.25, 0.3) is 5.56 Å². The monoisotopic (exact) mass is 250 g/mol. The largest absolute Gasteiger partial charge is 0.497 e. The molecule has 0 atom stereocenters. The second-order valence-corrected chi connectivity index (χ2v) is 4.05. The van der Waals surface area contributed by atoms with Crippen molar-refractivity contribution in [2.75, 3.05) is 12.4 Å². The molecule has 0 saturated heterocycles. The molecule has 0 spiro atoms. The van der Waals surface area contributed by atoms with Crippen LogP contribution < -0.4 is 15.6 Å². The van der Waals surface area contributed by atoms with Gasteiger partial charge in [-0.05, 0) is 24.3 Å². The van der Waals surface area contributed by atoms with Gasteiger partial charge in [0, 0.05) is 17.1 Å². The summed E-state index contributed by atoms with van der Waals surface area (Å²) in [5, 5.41) is 4.18. The quantitative estimate of drug-likeness (QED) is 0.886. The molecule has 88 valence electrons. The Morgan fingerprint density at radius 3 is 2.53 bits per heavy atom. The number of carbonyl (C=O) groups is 1. The highest BCUT2D eigenvalue weighted by molar-refractivity contribution is 7.05. The van der Waals surface area contributed by atoms with Gasteiger partial charge in [0.05, 0.1) is 7.11 Å². The second-order valence-electron chi connectivity index (χ2n) is 3.20. The highest BCUT2D eigenvalue weighted by Gasteiger charge is 2.07. The van der Waals surface area contributed by atoms with Gasteiger partial charge in [-0.3, -0.25) is 4.79 Å². The molecule has 0 fully saturated rings. The summed E-state index contributed by atoms with van der Waals surface area (Å²) in [7, 11) is 1.57. The number of ether oxygens (including phenoxy) is 1. The van der Waals surface area contributed by atoms with E-state index in [4.69, 9.17) is 4.74 Å². The van der Waals surface area contributed by atoms with Crippen LogP contribution in [-0.4, -0.2) is 17.1 Å². The lowest BCUT2D eigenvalue weighted by Gasteiger charge is -2.05. The molecule has 1 N–H and O–H groups in total. The zero-order valence-electron chi connectivity index (χ0n) is 9.04. The van der Waals surface area contributed by atoms with Gasteiger partial charge in [-0.15, -0.1) is 0 Å². The molecule has 0 aliphatic rings. The maximum atomic E-state index is 11.7. The van der Waals surface area contributed by atoms with E-state index in [9.17, 15) is 9.59 Å². The third kappa shape index (κ3) is 2.54. The van der Waals surface area contributed by atoms with E-state index in [0.717, 1.165) is 15.5 Å². The summed E-state index contributed by atoms with van der Waals surface area (Å²) in [6.45, 7) is 0. The summed E-state index contributed by atoms with van der Waals surface area (Å²) in [5.74, 6) is 0.705. The Kier molecular flexibility index (Phi) is 3.24. The van der Waals surface area contributed by atoms with Crippen LogP contribution in [0.2, 0.25) is 0 Å². The second kappa shape index (κ2) is 4.84. The van der Waals surface area contributed by atoms with Crippen molar-refractivity contribution < 1.29 is 9.53 Å². The lowest BCUT2D eigenvalue weighted by molar-refractivity contribution is 0.255. The van der Waals surface area contributed by atoms with Crippen LogP contribution in [-0.2, 0) is 0 Å². The Morgan fingerprint density at radius 1 is 1.29 bits per heavy atom. The van der Waals surface area contributed by atoms with E-state index >= 15 is 0 Å². The van der Waals surface area contributed by atoms with Gasteiger partial charge < -0.3 is 10.1 Å². The molecule has 1 heterocycles. The molecule has 0 aliphatic carbocycles. The average Bonchev–Trinajstić information content (AvgIpc) is 2.76. The summed E-state index contributed by atoms with van der Waals surface area (Å²) >= 11 is 1.05. The van der Waals surface area contributed by atoms with Crippen LogP contribution in [0.3, 0.4) is 0 Å². The number of methoxy groups -OCH3 is 1. The van der Waals surface area contributed by atoms with Gasteiger partial charge in [0.1, 0.15) is 5.75 Å². The first-order valence-electron chi connectivity index (χ1n) is 4.83. The van der Waals surface area contributed by atoms with Crippen LogP contribution in [0.4, 0.5) is 10.5 Å². The summed E-state index contributed by atoms with van der Waals surface area (Å²) < 4.78 is 6.05. The van der Waals surface area contributed by atoms with Crippen LogP contribution >= 0.6 is 11.5 Å². The van der Waals surface area contributed by atoms with E-state index in [1.807, 2.05) is 0 Å². The van der Waals surface area contributed by atoms with Gasteiger partial charge in [-0.1, -0.05) is 11.5 Å². The molecule has 1 amide bonds. The number of aromatic nitrogens is 1. The maximum Gasteiger partial charge on any atom is 0.342 e. The first-order chi connectivity index (χ1) is 8.20. The maximum absolute atomic E-state index is 11.7. The van der Waals surface area contributed by atoms with E-state index in [0.29, 0.717) is 11.4 Å². The fourth-order valence-corrected chi connectivity index (χ4v) is 1.87. The first kappa shape index (κ1) is 11.4. The average molecular weight is 250 g/mol. The molecule has 0 radical (unpaired) electrons. The summed E-state index contributed by atoms with van der Waals surface area (Å²) in [4.78, 5) is 22.9. The number of carbonyl (C=O) groups excluding carboxylic acids is 1. The number of anilines is 1. The van der Waals surface area contributed by atoms with Gasteiger partial charge in [-0.2, -0.15) is 3.96 Å². The van der Waals surface area contributed by atoms with E-state index in [1.165, 1.54) is 6.07 Å². The number of rotatable bonds is 2. The Balaban J connectivity index is 2.13. The van der Waals surface area contributed by atoms with E-state index < -0.39 is 6.03 Å². The number of benzene rings is 1. The molecule has 6 heteroatoms. The minimum Gasteiger partial charge on any atom is -0.497 e. The fraction of sp³-hybridized carbons (Fsp3) is 0.0909. The van der Waals surface area contributed by atoms with Gasteiger partial charge in [0.15, 0.2) is 0 Å². The Hall–Kier alpha value is -2.08. The molecule has 1 aromatic heterocycles. The van der Waals surface area contributed by atoms with Crippen molar-refractivity contribution in [1.29, 1.82) is 0 Å². The third-order valence-electron chi connectivity index (χ3n) is 2.10. The minimum atomic E-state index is -0.463. The molecule has 1 aromatic carbocycles. The predicted octanol–water partition coefficient (Wildman–Crippen LogP) is 2.00. The molecule has 17 heavy (non-hydrogen) atoms. The predicted molar refractivity (Wildman–Crippen MR) is 66.0 cm³/mol. The number of hydrogen-bond donors (Lipinski definition) is 1. The fourth-order valence-electron chi connectivity index (χ4n) is 1.27. The summed E-state index contributed by atoms with van der Waals surface area (Å²) in [6, 6.07) is 7.75. The van der Waals surface area contributed by atoms with Crippen LogP contribution in [0.1, 0.15) is 0 Å². The Bertz CT molecular complexity index is 571. The lowest BCUT2D eigenvalue weighted by Crippen LogP contribution is -2.25. The number of hydrogen-bond acceptors (Lipinski definition) is 4. The normalized spacial score (nSPS) is 9.94. The molecule has 0 aliphatic heterocycles. The van der Waals surface area contributed by atoms with Crippen LogP contribution in [0.15, 0.2) is 40.5 Å². The van der Waals surface area contributed by atoms with Crippen molar-refractivity contribution in [2.24, 2.45) is 0 Å². The van der Waals surface area contributed by atoms with Crippen LogP contribution in [0.5, 0.6) is 5.75 Å². The number of nitrogens with one attached hydrogen (secondary N) is 1. The van der Waals surface area contributed by atoms with E-state index in [-0.39, 0.29) is 5.56 Å². The molecular formula is C11H10N2O3S. The zero-order valence-corrected chi connectivity index (χ0v) is 9.86. The Morgan fingerprint density at radius 2 is 2.00 bits per heavy atom. The highest BCUT2D eigenvalue weighted by atomic mass is 32.1. The molecule has 0 unspecified atom stereocenters. The van der Waals surface area contributed by atoms with E-state index in [2.05, 4.69) is 5.32 Å². The van der Waals surface area contributed by atoms with Crippen molar-refractivity contribution in [1.82, 2.24) is 3.96 Å². The molecule has 2 aromatic rings. The molecule has 0 bridgehead atoms. The SMILES string of the molecule is COc1ccc(NC(=O)n2sccc2=O)cc1. The van der Waals surface area contributed by atoms with E-state index in [1.54, 1.807) is 36.8 Å². The highest BCUT2D eigenvalue weighted by Crippen LogP contribution is 2.15. The number of nitrogens with zero attached hydrogens (tertiary/aromatic N) is 1. The van der Waals surface area contributed by atoms with Gasteiger partial charge in [-0.25, -0.2) is 4.79 Å². The van der Waals surface area contributed by atoms with Crippen molar-refractivity contribution in [3.8, 4) is 5.75 Å². The van der Waals surface area contributed by atoms with Crippen LogP contribution in [0.25, 0.3) is 0 Å². The van der Waals surface area contributed by atoms with Crippen molar-refractivity contribution in [3.05, 3.63) is 46.1 Å². The van der Waals surface area contributed by atoms with Crippen molar-refractivity contribution in [2.45, 2.75) is 0 Å². The third-order valence-corrected chi connectivity index (χ3v) is 2.92. The summed E-state index contributed by atoms with van der Waals surface area (Å²) in [6.07, 6.45) is 0. The van der Waals surface area contributed by atoms with Gasteiger partial charge in [0.2, 0.25) is 0 Å². The van der Waals surface area contributed by atoms with Crippen molar-refractivity contribution >= 4 is 23.3 Å². The molecule has 2 rings (SSSR count). The first-order valence-corrected chi connectivity index (χ1v) is 5.67. The minimum absolute atomic E-state index is 0.332. The van der Waals surface area contributed by atoms with Gasteiger partial charge >= 0.3 is 6.03 Å². The zero-order chi connectivity index (χ0) is 12.3. The smallest absolute Gasteiger partial charge is 0.342 e. The molecule has 5 nitrogen and oxygen atoms in total. The number of amides is 1. The van der Waals surface area contributed by atoms with Crippen LogP contribution in [0, 0.1) is 0 Å². The lowest BCUT2D eigenvalue weighted by atomic mass is 10.3. The summed E-state index contributed by atoms with van der Waals surface area (Å²) in [5.41, 5.74) is 0.275. The molecule has 0 saturated carbocycles.